The molecule has 1 saturated heterocycles. The zero-order valence-electron chi connectivity index (χ0n) is 10.8. The molecule has 2 heterocycles. The van der Waals surface area contributed by atoms with Crippen LogP contribution in [0.1, 0.15) is 23.7 Å². The minimum Gasteiger partial charge on any atom is -0.393 e. The highest BCUT2D eigenvalue weighted by Crippen LogP contribution is 2.23. The van der Waals surface area contributed by atoms with E-state index in [1.165, 1.54) is 0 Å². The van der Waals surface area contributed by atoms with E-state index in [9.17, 15) is 9.90 Å². The van der Waals surface area contributed by atoms with Gasteiger partial charge in [0, 0.05) is 32.3 Å². The Hall–Kier alpha value is -1.62. The molecule has 1 aromatic heterocycles. The molecule has 1 aliphatic rings. The normalized spacial score (nSPS) is 20.8. The van der Waals surface area contributed by atoms with Crippen LogP contribution in [0.15, 0.2) is 18.5 Å². The van der Waals surface area contributed by atoms with Gasteiger partial charge in [-0.1, -0.05) is 0 Å². The summed E-state index contributed by atoms with van der Waals surface area (Å²) in [6, 6.07) is 1.73. The second-order valence-corrected chi connectivity index (χ2v) is 4.71. The highest BCUT2D eigenvalue weighted by molar-refractivity contribution is 5.99. The molecule has 2 atom stereocenters. The Labute approximate surface area is 107 Å². The highest BCUT2D eigenvalue weighted by atomic mass is 16.3. The maximum Gasteiger partial charge on any atom is 0.256 e. The van der Waals surface area contributed by atoms with Gasteiger partial charge in [-0.2, -0.15) is 0 Å². The number of aromatic nitrogens is 1. The predicted molar refractivity (Wildman–Crippen MR) is 69.5 cm³/mol. The van der Waals surface area contributed by atoms with E-state index >= 15 is 0 Å². The number of hydrogen-bond donors (Lipinski definition) is 2. The van der Waals surface area contributed by atoms with Crippen LogP contribution in [-0.4, -0.2) is 47.1 Å². The van der Waals surface area contributed by atoms with Crippen molar-refractivity contribution in [3.05, 3.63) is 24.0 Å². The fraction of sp³-hybridized carbons (Fsp3) is 0.538. The lowest BCUT2D eigenvalue weighted by atomic mass is 10.0. The lowest BCUT2D eigenvalue weighted by molar-refractivity contribution is 0.0763. The number of aliphatic hydroxyl groups excluding tert-OH is 1. The van der Waals surface area contributed by atoms with E-state index in [0.717, 1.165) is 12.1 Å². The fourth-order valence-electron chi connectivity index (χ4n) is 2.32. The Morgan fingerprint density at radius 3 is 3.06 bits per heavy atom. The quantitative estimate of drug-likeness (QED) is 0.837. The van der Waals surface area contributed by atoms with Gasteiger partial charge in [0.1, 0.15) is 0 Å². The van der Waals surface area contributed by atoms with Gasteiger partial charge in [0.05, 0.1) is 23.6 Å². The van der Waals surface area contributed by atoms with Crippen molar-refractivity contribution in [2.24, 2.45) is 5.92 Å². The summed E-state index contributed by atoms with van der Waals surface area (Å²) in [5, 5.41) is 12.5. The van der Waals surface area contributed by atoms with Gasteiger partial charge in [0.25, 0.3) is 5.91 Å². The molecule has 98 valence electrons. The van der Waals surface area contributed by atoms with Crippen LogP contribution in [0.2, 0.25) is 0 Å². The molecule has 1 aliphatic heterocycles. The van der Waals surface area contributed by atoms with Crippen molar-refractivity contribution < 1.29 is 9.90 Å². The Morgan fingerprint density at radius 1 is 1.67 bits per heavy atom. The van der Waals surface area contributed by atoms with Crippen molar-refractivity contribution in [3.8, 4) is 0 Å². The van der Waals surface area contributed by atoms with E-state index < -0.39 is 0 Å². The average Bonchev–Trinajstić information content (AvgIpc) is 2.87. The van der Waals surface area contributed by atoms with Crippen molar-refractivity contribution in [1.82, 2.24) is 9.88 Å². The summed E-state index contributed by atoms with van der Waals surface area (Å²) < 4.78 is 0. The number of carbonyl (C=O) groups excluding carboxylic acids is 1. The van der Waals surface area contributed by atoms with Gasteiger partial charge >= 0.3 is 0 Å². The number of amides is 1. The molecule has 1 fully saturated rings. The van der Waals surface area contributed by atoms with Crippen LogP contribution in [0.4, 0.5) is 5.69 Å². The smallest absolute Gasteiger partial charge is 0.256 e. The van der Waals surface area contributed by atoms with E-state index in [4.69, 9.17) is 0 Å². The molecule has 18 heavy (non-hydrogen) atoms. The summed E-state index contributed by atoms with van der Waals surface area (Å²) in [6.45, 7) is 3.12. The molecule has 0 saturated carbocycles. The number of carbonyl (C=O) groups is 1. The van der Waals surface area contributed by atoms with Crippen LogP contribution in [-0.2, 0) is 0 Å². The van der Waals surface area contributed by atoms with Gasteiger partial charge in [-0.25, -0.2) is 0 Å². The van der Waals surface area contributed by atoms with Crippen LogP contribution in [0.3, 0.4) is 0 Å². The molecule has 5 heteroatoms. The summed E-state index contributed by atoms with van der Waals surface area (Å²) in [5.74, 6) is 0.193. The first-order chi connectivity index (χ1) is 8.63. The molecule has 1 amide bonds. The highest BCUT2D eigenvalue weighted by Gasteiger charge is 2.30. The molecule has 5 nitrogen and oxygen atoms in total. The lowest BCUT2D eigenvalue weighted by Gasteiger charge is -2.19. The van der Waals surface area contributed by atoms with Crippen molar-refractivity contribution in [3.63, 3.8) is 0 Å². The summed E-state index contributed by atoms with van der Waals surface area (Å²) >= 11 is 0. The minimum atomic E-state index is -0.357. The van der Waals surface area contributed by atoms with Gasteiger partial charge in [-0.05, 0) is 19.4 Å². The van der Waals surface area contributed by atoms with Crippen LogP contribution < -0.4 is 5.32 Å². The summed E-state index contributed by atoms with van der Waals surface area (Å²) in [7, 11) is 1.77. The molecule has 0 bridgehead atoms. The Morgan fingerprint density at radius 2 is 2.44 bits per heavy atom. The molecular weight excluding hydrogens is 230 g/mol. The van der Waals surface area contributed by atoms with E-state index in [1.807, 2.05) is 0 Å². The Balaban J connectivity index is 2.13. The Bertz CT molecular complexity index is 434. The van der Waals surface area contributed by atoms with E-state index in [-0.39, 0.29) is 17.9 Å². The van der Waals surface area contributed by atoms with Gasteiger partial charge in [0.2, 0.25) is 0 Å². The third kappa shape index (κ3) is 2.46. The van der Waals surface area contributed by atoms with Crippen molar-refractivity contribution in [2.45, 2.75) is 19.4 Å². The molecule has 0 aromatic carbocycles. The van der Waals surface area contributed by atoms with Gasteiger partial charge in [0.15, 0.2) is 0 Å². The monoisotopic (exact) mass is 249 g/mol. The lowest BCUT2D eigenvalue weighted by Crippen LogP contribution is -2.30. The van der Waals surface area contributed by atoms with Crippen LogP contribution in [0.25, 0.3) is 0 Å². The first kappa shape index (κ1) is 12.8. The van der Waals surface area contributed by atoms with E-state index in [2.05, 4.69) is 10.3 Å². The minimum absolute atomic E-state index is 0.00454. The number of hydrogen-bond acceptors (Lipinski definition) is 4. The fourth-order valence-corrected chi connectivity index (χ4v) is 2.32. The topological polar surface area (TPSA) is 65.5 Å². The van der Waals surface area contributed by atoms with Crippen LogP contribution >= 0.6 is 0 Å². The predicted octanol–water partition coefficient (Wildman–Crippen LogP) is 0.966. The zero-order valence-corrected chi connectivity index (χ0v) is 10.8. The van der Waals surface area contributed by atoms with E-state index in [0.29, 0.717) is 18.7 Å². The number of pyridine rings is 1. The number of rotatable bonds is 3. The number of nitrogens with one attached hydrogen (secondary N) is 1. The summed E-state index contributed by atoms with van der Waals surface area (Å²) in [6.07, 6.45) is 3.78. The van der Waals surface area contributed by atoms with Crippen molar-refractivity contribution in [2.75, 3.05) is 25.5 Å². The largest absolute Gasteiger partial charge is 0.393 e. The van der Waals surface area contributed by atoms with E-state index in [1.54, 1.807) is 37.3 Å². The molecule has 1 aromatic rings. The number of nitrogens with zero attached hydrogens (tertiary/aromatic N) is 2. The Kier molecular flexibility index (Phi) is 3.81. The molecule has 2 N–H and O–H groups in total. The molecule has 0 aliphatic carbocycles. The molecule has 2 unspecified atom stereocenters. The second-order valence-electron chi connectivity index (χ2n) is 4.71. The number of anilines is 1. The summed E-state index contributed by atoms with van der Waals surface area (Å²) in [4.78, 5) is 18.2. The summed E-state index contributed by atoms with van der Waals surface area (Å²) in [5.41, 5.74) is 1.38. The van der Waals surface area contributed by atoms with Crippen LogP contribution in [0, 0.1) is 5.92 Å². The second kappa shape index (κ2) is 5.35. The van der Waals surface area contributed by atoms with Crippen molar-refractivity contribution in [1.29, 1.82) is 0 Å². The standard InChI is InChI=1S/C13H19N3O2/c1-9(17)10-4-6-16(8-10)13(18)11-3-5-15-7-12(11)14-2/h3,5,7,9-10,14,17H,4,6,8H2,1-2H3. The van der Waals surface area contributed by atoms with Gasteiger partial charge < -0.3 is 15.3 Å². The first-order valence-corrected chi connectivity index (χ1v) is 6.22. The maximum absolute atomic E-state index is 12.4. The van der Waals surface area contributed by atoms with Crippen LogP contribution in [0.5, 0.6) is 0 Å². The third-order valence-electron chi connectivity index (χ3n) is 3.51. The number of aliphatic hydroxyl groups is 1. The van der Waals surface area contributed by atoms with Gasteiger partial charge in [-0.15, -0.1) is 0 Å². The molecule has 0 spiro atoms. The van der Waals surface area contributed by atoms with Gasteiger partial charge in [-0.3, -0.25) is 9.78 Å². The molecule has 0 radical (unpaired) electrons. The zero-order chi connectivity index (χ0) is 13.1. The maximum atomic E-state index is 12.4. The van der Waals surface area contributed by atoms with Crippen molar-refractivity contribution >= 4 is 11.6 Å². The number of likely N-dealkylation sites (tertiary alicyclic amines) is 1. The first-order valence-electron chi connectivity index (χ1n) is 6.22. The SMILES string of the molecule is CNc1cnccc1C(=O)N1CCC(C(C)O)C1. The molecular formula is C13H19N3O2. The third-order valence-corrected chi connectivity index (χ3v) is 3.51. The average molecular weight is 249 g/mol. The molecule has 2 rings (SSSR count).